The number of aromatic nitrogens is 1. The Balaban J connectivity index is 2.43. The fourth-order valence-electron chi connectivity index (χ4n) is 1.72. The van der Waals surface area contributed by atoms with Crippen LogP contribution in [-0.2, 0) is 10.0 Å². The average molecular weight is 293 g/mol. The highest BCUT2D eigenvalue weighted by molar-refractivity contribution is 7.92. The Bertz CT molecular complexity index is 702. The molecule has 0 atom stereocenters. The summed E-state index contributed by atoms with van der Waals surface area (Å²) in [6, 6.07) is 7.60. The number of nitrogen functional groups attached to an aromatic ring is 1. The zero-order valence-electron chi connectivity index (χ0n) is 11.1. The van der Waals surface area contributed by atoms with E-state index in [4.69, 9.17) is 10.5 Å². The molecule has 0 saturated heterocycles. The van der Waals surface area contributed by atoms with E-state index in [-0.39, 0.29) is 10.6 Å². The third-order valence-corrected chi connectivity index (χ3v) is 4.67. The number of anilines is 2. The molecule has 1 aromatic carbocycles. The van der Waals surface area contributed by atoms with Gasteiger partial charge in [-0.1, -0.05) is 0 Å². The molecule has 2 rings (SSSR count). The second-order valence-corrected chi connectivity index (χ2v) is 6.05. The van der Waals surface area contributed by atoms with E-state index < -0.39 is 10.0 Å². The van der Waals surface area contributed by atoms with Gasteiger partial charge in [-0.05, 0) is 30.3 Å². The first-order valence-corrected chi connectivity index (χ1v) is 7.23. The van der Waals surface area contributed by atoms with Gasteiger partial charge in [-0.3, -0.25) is 9.29 Å². The van der Waals surface area contributed by atoms with Gasteiger partial charge in [-0.25, -0.2) is 8.42 Å². The van der Waals surface area contributed by atoms with E-state index in [1.165, 1.54) is 49.1 Å². The van der Waals surface area contributed by atoms with Crippen LogP contribution in [0.2, 0.25) is 0 Å². The van der Waals surface area contributed by atoms with E-state index in [9.17, 15) is 8.42 Å². The Hall–Kier alpha value is -2.28. The van der Waals surface area contributed by atoms with Gasteiger partial charge in [-0.2, -0.15) is 0 Å². The van der Waals surface area contributed by atoms with Gasteiger partial charge >= 0.3 is 0 Å². The molecule has 0 aliphatic rings. The first kappa shape index (κ1) is 14.1. The predicted octanol–water partition coefficient (Wildman–Crippen LogP) is 1.50. The SMILES string of the molecule is COc1ccc(S(=O)(=O)N(C)c2ccncc2)cc1N. The second kappa shape index (κ2) is 5.38. The molecule has 0 spiro atoms. The molecule has 0 amide bonds. The molecule has 0 fully saturated rings. The van der Waals surface area contributed by atoms with E-state index in [1.54, 1.807) is 12.1 Å². The Morgan fingerprint density at radius 3 is 2.40 bits per heavy atom. The fourth-order valence-corrected chi connectivity index (χ4v) is 2.96. The van der Waals surface area contributed by atoms with Gasteiger partial charge in [0, 0.05) is 19.4 Å². The van der Waals surface area contributed by atoms with Crippen LogP contribution < -0.4 is 14.8 Å². The minimum absolute atomic E-state index is 0.107. The van der Waals surface area contributed by atoms with Gasteiger partial charge in [0.05, 0.1) is 23.4 Å². The Kier molecular flexibility index (Phi) is 3.80. The van der Waals surface area contributed by atoms with Crippen molar-refractivity contribution >= 4 is 21.4 Å². The lowest BCUT2D eigenvalue weighted by Gasteiger charge is -2.19. The number of ether oxygens (including phenoxy) is 1. The maximum atomic E-state index is 12.5. The molecule has 2 N–H and O–H groups in total. The molecule has 0 bridgehead atoms. The number of hydrogen-bond acceptors (Lipinski definition) is 5. The van der Waals surface area contributed by atoms with Crippen molar-refractivity contribution in [3.05, 3.63) is 42.7 Å². The van der Waals surface area contributed by atoms with Crippen molar-refractivity contribution < 1.29 is 13.2 Å². The van der Waals surface area contributed by atoms with Crippen molar-refractivity contribution in [1.29, 1.82) is 0 Å². The first-order valence-electron chi connectivity index (χ1n) is 5.79. The summed E-state index contributed by atoms with van der Waals surface area (Å²) in [5.74, 6) is 0.440. The third kappa shape index (κ3) is 2.53. The summed E-state index contributed by atoms with van der Waals surface area (Å²) >= 11 is 0. The highest BCUT2D eigenvalue weighted by Crippen LogP contribution is 2.27. The van der Waals surface area contributed by atoms with Crippen LogP contribution in [-0.4, -0.2) is 27.6 Å². The van der Waals surface area contributed by atoms with E-state index in [1.807, 2.05) is 0 Å². The Morgan fingerprint density at radius 1 is 1.20 bits per heavy atom. The van der Waals surface area contributed by atoms with Crippen LogP contribution in [0.3, 0.4) is 0 Å². The van der Waals surface area contributed by atoms with E-state index in [0.29, 0.717) is 11.4 Å². The smallest absolute Gasteiger partial charge is 0.264 e. The zero-order valence-corrected chi connectivity index (χ0v) is 12.0. The summed E-state index contributed by atoms with van der Waals surface area (Å²) in [6.07, 6.45) is 3.06. The van der Waals surface area contributed by atoms with Crippen molar-refractivity contribution in [2.24, 2.45) is 0 Å². The van der Waals surface area contributed by atoms with Crippen LogP contribution in [0.15, 0.2) is 47.6 Å². The number of pyridine rings is 1. The average Bonchev–Trinajstić information content (AvgIpc) is 2.47. The van der Waals surface area contributed by atoms with Crippen molar-refractivity contribution in [2.45, 2.75) is 4.90 Å². The molecule has 6 nitrogen and oxygen atoms in total. The standard InChI is InChI=1S/C13H15N3O3S/c1-16(10-5-7-15-8-6-10)20(17,18)11-3-4-13(19-2)12(14)9-11/h3-9H,14H2,1-2H3. The lowest BCUT2D eigenvalue weighted by atomic mass is 10.3. The monoisotopic (exact) mass is 293 g/mol. The van der Waals surface area contributed by atoms with Crippen molar-refractivity contribution in [3.63, 3.8) is 0 Å². The van der Waals surface area contributed by atoms with Crippen molar-refractivity contribution in [3.8, 4) is 5.75 Å². The molecular weight excluding hydrogens is 278 g/mol. The predicted molar refractivity (Wildman–Crippen MR) is 77.2 cm³/mol. The number of nitrogens with zero attached hydrogens (tertiary/aromatic N) is 2. The molecule has 0 saturated carbocycles. The van der Waals surface area contributed by atoms with E-state index in [2.05, 4.69) is 4.98 Å². The van der Waals surface area contributed by atoms with Gasteiger partial charge < -0.3 is 10.5 Å². The summed E-state index contributed by atoms with van der Waals surface area (Å²) in [7, 11) is -0.717. The molecule has 7 heteroatoms. The van der Waals surface area contributed by atoms with Crippen LogP contribution in [0.5, 0.6) is 5.75 Å². The van der Waals surface area contributed by atoms with Gasteiger partial charge in [0.2, 0.25) is 0 Å². The van der Waals surface area contributed by atoms with E-state index in [0.717, 1.165) is 0 Å². The quantitative estimate of drug-likeness (QED) is 0.863. The van der Waals surface area contributed by atoms with Crippen molar-refractivity contribution in [1.82, 2.24) is 4.98 Å². The molecule has 1 heterocycles. The maximum Gasteiger partial charge on any atom is 0.264 e. The number of benzene rings is 1. The molecule has 0 aliphatic heterocycles. The van der Waals surface area contributed by atoms with Gasteiger partial charge in [0.1, 0.15) is 5.75 Å². The lowest BCUT2D eigenvalue weighted by molar-refractivity contribution is 0.416. The van der Waals surface area contributed by atoms with Crippen LogP contribution in [0.4, 0.5) is 11.4 Å². The highest BCUT2D eigenvalue weighted by atomic mass is 32.2. The molecule has 20 heavy (non-hydrogen) atoms. The normalized spacial score (nSPS) is 11.1. The summed E-state index contributed by atoms with van der Waals surface area (Å²) in [5, 5.41) is 0. The summed E-state index contributed by atoms with van der Waals surface area (Å²) in [4.78, 5) is 3.97. The van der Waals surface area contributed by atoms with Gasteiger partial charge in [0.25, 0.3) is 10.0 Å². The third-order valence-electron chi connectivity index (χ3n) is 2.89. The Morgan fingerprint density at radius 2 is 1.85 bits per heavy atom. The first-order chi connectivity index (χ1) is 9.46. The zero-order chi connectivity index (χ0) is 14.8. The highest BCUT2D eigenvalue weighted by Gasteiger charge is 2.22. The number of nitrogens with two attached hydrogens (primary N) is 1. The van der Waals surface area contributed by atoms with Crippen LogP contribution in [0.25, 0.3) is 0 Å². The lowest BCUT2D eigenvalue weighted by Crippen LogP contribution is -2.26. The van der Waals surface area contributed by atoms with Crippen LogP contribution in [0.1, 0.15) is 0 Å². The van der Waals surface area contributed by atoms with Gasteiger partial charge in [0.15, 0.2) is 0 Å². The summed E-state index contributed by atoms with van der Waals surface area (Å²) in [6.45, 7) is 0. The number of sulfonamides is 1. The van der Waals surface area contributed by atoms with Gasteiger partial charge in [-0.15, -0.1) is 0 Å². The molecule has 106 valence electrons. The molecular formula is C13H15N3O3S. The summed E-state index contributed by atoms with van der Waals surface area (Å²) < 4.78 is 31.2. The van der Waals surface area contributed by atoms with E-state index >= 15 is 0 Å². The van der Waals surface area contributed by atoms with Crippen LogP contribution in [0, 0.1) is 0 Å². The Labute approximate surface area is 117 Å². The largest absolute Gasteiger partial charge is 0.495 e. The topological polar surface area (TPSA) is 85.5 Å². The minimum atomic E-state index is -3.67. The second-order valence-electron chi connectivity index (χ2n) is 4.08. The molecule has 2 aromatic rings. The van der Waals surface area contributed by atoms with Crippen LogP contribution >= 0.6 is 0 Å². The maximum absolute atomic E-state index is 12.5. The fraction of sp³-hybridized carbons (Fsp3) is 0.154. The minimum Gasteiger partial charge on any atom is -0.495 e. The molecule has 0 radical (unpaired) electrons. The summed E-state index contributed by atoms with van der Waals surface area (Å²) in [5.41, 5.74) is 6.55. The number of rotatable bonds is 4. The van der Waals surface area contributed by atoms with Crippen molar-refractivity contribution in [2.75, 3.05) is 24.2 Å². The number of methoxy groups -OCH3 is 1. The molecule has 1 aromatic heterocycles. The number of hydrogen-bond donors (Lipinski definition) is 1. The molecule has 0 aliphatic carbocycles. The molecule has 0 unspecified atom stereocenters.